The Kier molecular flexibility index (Phi) is 3.69. The molecule has 2 saturated heterocycles. The summed E-state index contributed by atoms with van der Waals surface area (Å²) in [6.07, 6.45) is 8.55. The standard InChI is InChI=1S/C14H26N2S/c1-12-10-15-14(6-2-3-7-14)11-16(12)13-4-8-17-9-5-13/h12-13,15H,2-11H2,1H3. The largest absolute Gasteiger partial charge is 0.308 e. The van der Waals surface area contributed by atoms with Crippen LogP contribution in [0.4, 0.5) is 0 Å². The predicted octanol–water partition coefficient (Wildman–Crippen LogP) is 2.49. The molecule has 1 aliphatic carbocycles. The van der Waals surface area contributed by atoms with Gasteiger partial charge in [-0.15, -0.1) is 0 Å². The quantitative estimate of drug-likeness (QED) is 0.774. The Morgan fingerprint density at radius 1 is 1.18 bits per heavy atom. The molecule has 0 aromatic rings. The first-order valence-electron chi connectivity index (χ1n) is 7.38. The molecule has 3 aliphatic rings. The molecule has 2 nitrogen and oxygen atoms in total. The molecule has 3 heteroatoms. The Bertz CT molecular complexity index is 257. The predicted molar refractivity (Wildman–Crippen MR) is 75.7 cm³/mol. The van der Waals surface area contributed by atoms with Crippen molar-refractivity contribution in [3.8, 4) is 0 Å². The molecule has 2 aliphatic heterocycles. The Labute approximate surface area is 110 Å². The van der Waals surface area contributed by atoms with Crippen molar-refractivity contribution in [1.82, 2.24) is 10.2 Å². The van der Waals surface area contributed by atoms with E-state index in [1.165, 1.54) is 63.1 Å². The van der Waals surface area contributed by atoms with Crippen molar-refractivity contribution in [2.24, 2.45) is 0 Å². The van der Waals surface area contributed by atoms with Crippen LogP contribution in [0.3, 0.4) is 0 Å². The molecule has 1 unspecified atom stereocenters. The summed E-state index contributed by atoms with van der Waals surface area (Å²) in [7, 11) is 0. The molecular formula is C14H26N2S. The van der Waals surface area contributed by atoms with Crippen molar-refractivity contribution >= 4 is 11.8 Å². The number of hydrogen-bond donors (Lipinski definition) is 1. The second kappa shape index (κ2) is 5.10. The molecule has 1 N–H and O–H groups in total. The molecule has 17 heavy (non-hydrogen) atoms. The lowest BCUT2D eigenvalue weighted by Gasteiger charge is -2.49. The number of hydrogen-bond acceptors (Lipinski definition) is 3. The fourth-order valence-corrected chi connectivity index (χ4v) is 5.02. The minimum Gasteiger partial charge on any atom is -0.308 e. The van der Waals surface area contributed by atoms with E-state index in [1.807, 2.05) is 0 Å². The van der Waals surface area contributed by atoms with Gasteiger partial charge in [-0.05, 0) is 44.1 Å². The number of nitrogens with one attached hydrogen (secondary N) is 1. The number of piperazine rings is 1. The molecule has 2 heterocycles. The molecule has 1 spiro atoms. The third-order valence-corrected chi connectivity index (χ3v) is 6.09. The molecule has 0 amide bonds. The summed E-state index contributed by atoms with van der Waals surface area (Å²) in [5.41, 5.74) is 0.497. The van der Waals surface area contributed by atoms with E-state index in [1.54, 1.807) is 0 Å². The van der Waals surface area contributed by atoms with Crippen LogP contribution in [0.25, 0.3) is 0 Å². The van der Waals surface area contributed by atoms with Gasteiger partial charge < -0.3 is 5.32 Å². The Balaban J connectivity index is 1.68. The molecule has 1 saturated carbocycles. The van der Waals surface area contributed by atoms with Crippen molar-refractivity contribution in [2.75, 3.05) is 24.6 Å². The highest BCUT2D eigenvalue weighted by molar-refractivity contribution is 7.99. The lowest BCUT2D eigenvalue weighted by Crippen LogP contribution is -2.64. The SMILES string of the molecule is CC1CNC2(CCCC2)CN1C1CCSCC1. The average molecular weight is 254 g/mol. The van der Waals surface area contributed by atoms with E-state index >= 15 is 0 Å². The lowest BCUT2D eigenvalue weighted by molar-refractivity contribution is 0.0470. The zero-order valence-corrected chi connectivity index (χ0v) is 11.9. The molecule has 0 aromatic carbocycles. The van der Waals surface area contributed by atoms with Crippen molar-refractivity contribution in [1.29, 1.82) is 0 Å². The zero-order chi connectivity index (χ0) is 11.7. The van der Waals surface area contributed by atoms with Crippen molar-refractivity contribution in [3.63, 3.8) is 0 Å². The molecule has 3 fully saturated rings. The summed E-state index contributed by atoms with van der Waals surface area (Å²) in [5, 5.41) is 3.87. The van der Waals surface area contributed by atoms with Gasteiger partial charge in [0.05, 0.1) is 0 Å². The van der Waals surface area contributed by atoms with E-state index in [-0.39, 0.29) is 0 Å². The van der Waals surface area contributed by atoms with Crippen LogP contribution >= 0.6 is 11.8 Å². The highest BCUT2D eigenvalue weighted by Crippen LogP contribution is 2.35. The Morgan fingerprint density at radius 3 is 2.59 bits per heavy atom. The number of thioether (sulfide) groups is 1. The first-order valence-corrected chi connectivity index (χ1v) is 8.53. The maximum absolute atomic E-state index is 3.87. The second-order valence-electron chi connectivity index (χ2n) is 6.23. The molecule has 3 rings (SSSR count). The number of rotatable bonds is 1. The normalized spacial score (nSPS) is 35.5. The minimum absolute atomic E-state index is 0.497. The van der Waals surface area contributed by atoms with Crippen molar-refractivity contribution < 1.29 is 0 Å². The van der Waals surface area contributed by atoms with E-state index in [9.17, 15) is 0 Å². The van der Waals surface area contributed by atoms with Gasteiger partial charge in [0, 0.05) is 30.7 Å². The van der Waals surface area contributed by atoms with Gasteiger partial charge in [-0.2, -0.15) is 11.8 Å². The van der Waals surface area contributed by atoms with Crippen molar-refractivity contribution in [3.05, 3.63) is 0 Å². The Hall–Kier alpha value is 0.270. The third kappa shape index (κ3) is 2.52. The molecule has 98 valence electrons. The first-order chi connectivity index (χ1) is 8.29. The van der Waals surface area contributed by atoms with Crippen LogP contribution in [0.1, 0.15) is 45.4 Å². The van der Waals surface area contributed by atoms with Crippen LogP contribution in [-0.4, -0.2) is 47.1 Å². The van der Waals surface area contributed by atoms with Gasteiger partial charge in [0.1, 0.15) is 0 Å². The first kappa shape index (κ1) is 12.3. The molecule has 0 bridgehead atoms. The molecule has 0 aromatic heterocycles. The van der Waals surface area contributed by atoms with Gasteiger partial charge in [-0.3, -0.25) is 4.90 Å². The smallest absolute Gasteiger partial charge is 0.0309 e. The van der Waals surface area contributed by atoms with Crippen LogP contribution < -0.4 is 5.32 Å². The Morgan fingerprint density at radius 2 is 1.88 bits per heavy atom. The van der Waals surface area contributed by atoms with E-state index in [2.05, 4.69) is 28.9 Å². The summed E-state index contributed by atoms with van der Waals surface area (Å²) < 4.78 is 0. The summed E-state index contributed by atoms with van der Waals surface area (Å²) in [6, 6.07) is 1.63. The maximum atomic E-state index is 3.87. The monoisotopic (exact) mass is 254 g/mol. The van der Waals surface area contributed by atoms with E-state index < -0.39 is 0 Å². The third-order valence-electron chi connectivity index (χ3n) is 5.04. The van der Waals surface area contributed by atoms with E-state index in [0.29, 0.717) is 5.54 Å². The van der Waals surface area contributed by atoms with Crippen LogP contribution in [0.5, 0.6) is 0 Å². The van der Waals surface area contributed by atoms with E-state index in [0.717, 1.165) is 12.1 Å². The summed E-state index contributed by atoms with van der Waals surface area (Å²) >= 11 is 2.15. The topological polar surface area (TPSA) is 15.3 Å². The molecular weight excluding hydrogens is 228 g/mol. The molecule has 0 radical (unpaired) electrons. The fraction of sp³-hybridized carbons (Fsp3) is 1.00. The fourth-order valence-electron chi connectivity index (χ4n) is 3.94. The van der Waals surface area contributed by atoms with Crippen molar-refractivity contribution in [2.45, 2.75) is 63.1 Å². The summed E-state index contributed by atoms with van der Waals surface area (Å²) in [4.78, 5) is 2.85. The van der Waals surface area contributed by atoms with Gasteiger partial charge in [-0.25, -0.2) is 0 Å². The van der Waals surface area contributed by atoms with Gasteiger partial charge in [-0.1, -0.05) is 12.8 Å². The number of nitrogens with zero attached hydrogens (tertiary/aromatic N) is 1. The van der Waals surface area contributed by atoms with Crippen LogP contribution in [0, 0.1) is 0 Å². The molecule has 1 atom stereocenters. The van der Waals surface area contributed by atoms with Gasteiger partial charge in [0.2, 0.25) is 0 Å². The van der Waals surface area contributed by atoms with E-state index in [4.69, 9.17) is 0 Å². The van der Waals surface area contributed by atoms with Crippen LogP contribution in [0.15, 0.2) is 0 Å². The van der Waals surface area contributed by atoms with Gasteiger partial charge in [0.25, 0.3) is 0 Å². The van der Waals surface area contributed by atoms with Gasteiger partial charge >= 0.3 is 0 Å². The second-order valence-corrected chi connectivity index (χ2v) is 7.46. The van der Waals surface area contributed by atoms with Gasteiger partial charge in [0.15, 0.2) is 0 Å². The minimum atomic E-state index is 0.497. The highest BCUT2D eigenvalue weighted by atomic mass is 32.2. The van der Waals surface area contributed by atoms with Crippen LogP contribution in [-0.2, 0) is 0 Å². The lowest BCUT2D eigenvalue weighted by atomic mass is 9.90. The summed E-state index contributed by atoms with van der Waals surface area (Å²) in [6.45, 7) is 4.95. The zero-order valence-electron chi connectivity index (χ0n) is 11.1. The average Bonchev–Trinajstić information content (AvgIpc) is 2.82. The van der Waals surface area contributed by atoms with Crippen LogP contribution in [0.2, 0.25) is 0 Å². The maximum Gasteiger partial charge on any atom is 0.0309 e. The summed E-state index contributed by atoms with van der Waals surface area (Å²) in [5.74, 6) is 2.77. The highest BCUT2D eigenvalue weighted by Gasteiger charge is 2.41.